The molecular weight excluding hydrogens is 258 g/mol. The van der Waals surface area contributed by atoms with Crippen LogP contribution in [0.2, 0.25) is 0 Å². The fourth-order valence-electron chi connectivity index (χ4n) is 0.914. The first kappa shape index (κ1) is 12.2. The van der Waals surface area contributed by atoms with Crippen molar-refractivity contribution in [2.45, 2.75) is 19.4 Å². The highest BCUT2D eigenvalue weighted by Crippen LogP contribution is 2.20. The Morgan fingerprint density at radius 1 is 1.47 bits per heavy atom. The molecular formula is C11H14BrNO2. The molecule has 0 aliphatic carbocycles. The van der Waals surface area contributed by atoms with Gasteiger partial charge in [-0.1, -0.05) is 15.9 Å². The summed E-state index contributed by atoms with van der Waals surface area (Å²) in [6.07, 6.45) is 1.57. The second-order valence-corrected chi connectivity index (χ2v) is 4.85. The molecule has 0 amide bonds. The monoisotopic (exact) mass is 271 g/mol. The molecule has 82 valence electrons. The average molecular weight is 272 g/mol. The van der Waals surface area contributed by atoms with Gasteiger partial charge in [0.1, 0.15) is 5.75 Å². The summed E-state index contributed by atoms with van der Waals surface area (Å²) in [5.41, 5.74) is 0.111. The number of nitrogens with zero attached hydrogens (tertiary/aromatic N) is 1. The maximum atomic E-state index is 9.53. The largest absolute Gasteiger partial charge is 0.507 e. The molecule has 0 aliphatic heterocycles. The number of aliphatic hydroxyl groups excluding tert-OH is 1. The Bertz CT molecular complexity index is 375. The number of halogens is 1. The van der Waals surface area contributed by atoms with E-state index in [1.807, 2.05) is 13.8 Å². The number of phenols is 1. The van der Waals surface area contributed by atoms with Gasteiger partial charge >= 0.3 is 0 Å². The normalized spacial score (nSPS) is 12.3. The van der Waals surface area contributed by atoms with Crippen molar-refractivity contribution in [1.82, 2.24) is 0 Å². The molecule has 2 N–H and O–H groups in total. The minimum atomic E-state index is -0.519. The van der Waals surface area contributed by atoms with Gasteiger partial charge in [-0.2, -0.15) is 0 Å². The zero-order chi connectivity index (χ0) is 11.5. The Labute approximate surface area is 97.6 Å². The van der Waals surface area contributed by atoms with Crippen LogP contribution in [0.3, 0.4) is 0 Å². The zero-order valence-corrected chi connectivity index (χ0v) is 10.3. The number of aromatic hydroxyl groups is 1. The molecule has 0 aliphatic rings. The van der Waals surface area contributed by atoms with Crippen molar-refractivity contribution in [3.63, 3.8) is 0 Å². The quantitative estimate of drug-likeness (QED) is 0.830. The SMILES string of the molecule is CC(C)(CO)N=Cc1cc(Br)ccc1O. The van der Waals surface area contributed by atoms with Crippen LogP contribution in [-0.4, -0.2) is 28.6 Å². The molecule has 0 radical (unpaired) electrons. The fraction of sp³-hybridized carbons (Fsp3) is 0.364. The lowest BCUT2D eigenvalue weighted by Gasteiger charge is -2.15. The van der Waals surface area contributed by atoms with Gasteiger partial charge in [0.25, 0.3) is 0 Å². The smallest absolute Gasteiger partial charge is 0.124 e. The molecule has 0 heterocycles. The lowest BCUT2D eigenvalue weighted by molar-refractivity contribution is 0.223. The highest BCUT2D eigenvalue weighted by Gasteiger charge is 2.12. The van der Waals surface area contributed by atoms with Crippen LogP contribution in [0.1, 0.15) is 19.4 Å². The first-order valence-electron chi connectivity index (χ1n) is 4.59. The van der Waals surface area contributed by atoms with Gasteiger partial charge in [0.15, 0.2) is 0 Å². The van der Waals surface area contributed by atoms with Crippen molar-refractivity contribution in [3.05, 3.63) is 28.2 Å². The molecule has 0 spiro atoms. The van der Waals surface area contributed by atoms with Gasteiger partial charge in [-0.15, -0.1) is 0 Å². The van der Waals surface area contributed by atoms with Crippen LogP contribution in [0.15, 0.2) is 27.7 Å². The van der Waals surface area contributed by atoms with Crippen LogP contribution < -0.4 is 0 Å². The topological polar surface area (TPSA) is 52.8 Å². The Kier molecular flexibility index (Phi) is 3.88. The van der Waals surface area contributed by atoms with Gasteiger partial charge in [-0.05, 0) is 32.0 Å². The van der Waals surface area contributed by atoms with Crippen molar-refractivity contribution in [2.24, 2.45) is 4.99 Å². The lowest BCUT2D eigenvalue weighted by Crippen LogP contribution is -2.21. The molecule has 0 saturated carbocycles. The van der Waals surface area contributed by atoms with Crippen LogP contribution in [0.5, 0.6) is 5.75 Å². The molecule has 1 aromatic carbocycles. The molecule has 0 bridgehead atoms. The lowest BCUT2D eigenvalue weighted by atomic mass is 10.1. The van der Waals surface area contributed by atoms with Crippen molar-refractivity contribution in [3.8, 4) is 5.75 Å². The van der Waals surface area contributed by atoms with Gasteiger partial charge in [-0.25, -0.2) is 0 Å². The summed E-state index contributed by atoms with van der Waals surface area (Å²) in [5, 5.41) is 18.5. The summed E-state index contributed by atoms with van der Waals surface area (Å²) in [4.78, 5) is 4.19. The summed E-state index contributed by atoms with van der Waals surface area (Å²) >= 11 is 3.31. The van der Waals surface area contributed by atoms with Crippen molar-refractivity contribution in [2.75, 3.05) is 6.61 Å². The van der Waals surface area contributed by atoms with E-state index >= 15 is 0 Å². The van der Waals surface area contributed by atoms with Crippen LogP contribution in [-0.2, 0) is 0 Å². The summed E-state index contributed by atoms with van der Waals surface area (Å²) < 4.78 is 0.878. The van der Waals surface area contributed by atoms with Gasteiger partial charge < -0.3 is 10.2 Å². The molecule has 0 unspecified atom stereocenters. The van der Waals surface area contributed by atoms with Crippen LogP contribution >= 0.6 is 15.9 Å². The Morgan fingerprint density at radius 2 is 2.13 bits per heavy atom. The van der Waals surface area contributed by atoms with E-state index in [9.17, 15) is 5.11 Å². The number of phenolic OH excluding ortho intramolecular Hbond substituents is 1. The molecule has 4 heteroatoms. The number of hydrogen-bond acceptors (Lipinski definition) is 3. The maximum Gasteiger partial charge on any atom is 0.124 e. The predicted molar refractivity (Wildman–Crippen MR) is 64.6 cm³/mol. The molecule has 1 rings (SSSR count). The van der Waals surface area contributed by atoms with Crippen LogP contribution in [0.4, 0.5) is 0 Å². The molecule has 0 saturated heterocycles. The van der Waals surface area contributed by atoms with E-state index < -0.39 is 5.54 Å². The summed E-state index contributed by atoms with van der Waals surface area (Å²) in [6, 6.07) is 5.12. The number of aliphatic hydroxyl groups is 1. The molecule has 0 fully saturated rings. The summed E-state index contributed by atoms with van der Waals surface area (Å²) in [7, 11) is 0. The minimum Gasteiger partial charge on any atom is -0.507 e. The van der Waals surface area contributed by atoms with Crippen LogP contribution in [0.25, 0.3) is 0 Å². The first-order chi connectivity index (χ1) is 6.94. The number of hydrogen-bond donors (Lipinski definition) is 2. The maximum absolute atomic E-state index is 9.53. The summed E-state index contributed by atoms with van der Waals surface area (Å²) in [5.74, 6) is 0.177. The van der Waals surface area contributed by atoms with Crippen molar-refractivity contribution < 1.29 is 10.2 Å². The van der Waals surface area contributed by atoms with Gasteiger partial charge in [-0.3, -0.25) is 4.99 Å². The standard InChI is InChI=1S/C11H14BrNO2/c1-11(2,7-14)13-6-8-5-9(12)3-4-10(8)15/h3-6,14-15H,7H2,1-2H3. The van der Waals surface area contributed by atoms with E-state index in [4.69, 9.17) is 5.11 Å². The number of benzene rings is 1. The second kappa shape index (κ2) is 4.77. The van der Waals surface area contributed by atoms with E-state index in [-0.39, 0.29) is 12.4 Å². The fourth-order valence-corrected chi connectivity index (χ4v) is 1.29. The Balaban J connectivity index is 2.94. The number of rotatable bonds is 3. The highest BCUT2D eigenvalue weighted by atomic mass is 79.9. The first-order valence-corrected chi connectivity index (χ1v) is 5.38. The molecule has 3 nitrogen and oxygen atoms in total. The van der Waals surface area contributed by atoms with Crippen molar-refractivity contribution >= 4 is 22.1 Å². The van der Waals surface area contributed by atoms with Gasteiger partial charge in [0.2, 0.25) is 0 Å². The molecule has 0 atom stereocenters. The average Bonchev–Trinajstić information content (AvgIpc) is 2.20. The summed E-state index contributed by atoms with van der Waals surface area (Å²) in [6.45, 7) is 3.61. The van der Waals surface area contributed by atoms with E-state index in [1.54, 1.807) is 24.4 Å². The van der Waals surface area contributed by atoms with E-state index in [0.717, 1.165) is 4.47 Å². The minimum absolute atomic E-state index is 0.0295. The molecule has 1 aromatic rings. The Morgan fingerprint density at radius 3 is 2.73 bits per heavy atom. The van der Waals surface area contributed by atoms with E-state index in [0.29, 0.717) is 5.56 Å². The third kappa shape index (κ3) is 3.64. The highest BCUT2D eigenvalue weighted by molar-refractivity contribution is 9.10. The molecule has 15 heavy (non-hydrogen) atoms. The van der Waals surface area contributed by atoms with Gasteiger partial charge in [0.05, 0.1) is 12.1 Å². The van der Waals surface area contributed by atoms with Crippen LogP contribution in [0, 0.1) is 0 Å². The predicted octanol–water partition coefficient (Wildman–Crippen LogP) is 2.34. The van der Waals surface area contributed by atoms with Crippen molar-refractivity contribution in [1.29, 1.82) is 0 Å². The second-order valence-electron chi connectivity index (χ2n) is 3.93. The zero-order valence-electron chi connectivity index (χ0n) is 8.74. The van der Waals surface area contributed by atoms with E-state index in [1.165, 1.54) is 0 Å². The third-order valence-corrected chi connectivity index (χ3v) is 2.42. The molecule has 0 aromatic heterocycles. The third-order valence-electron chi connectivity index (χ3n) is 1.93. The Hall–Kier alpha value is -0.870. The van der Waals surface area contributed by atoms with E-state index in [2.05, 4.69) is 20.9 Å². The van der Waals surface area contributed by atoms with Gasteiger partial charge in [0, 0.05) is 16.3 Å². The number of aliphatic imine (C=N–C) groups is 1.